The fraction of sp³-hybridized carbons (Fsp3) is 0.938. The summed E-state index contributed by atoms with van der Waals surface area (Å²) < 4.78 is 35.2. The van der Waals surface area contributed by atoms with Gasteiger partial charge in [-0.2, -0.15) is 0 Å². The molecule has 0 saturated carbocycles. The molecule has 7 nitrogen and oxygen atoms in total. The molecule has 0 radical (unpaired) electrons. The number of hydrogen-bond donors (Lipinski definition) is 1. The Morgan fingerprint density at radius 1 is 1.29 bits per heavy atom. The average molecular weight is 365 g/mol. The highest BCUT2D eigenvalue weighted by atomic mass is 32.2. The molecule has 1 heterocycles. The predicted molar refractivity (Wildman–Crippen MR) is 93.3 cm³/mol. The van der Waals surface area contributed by atoms with Gasteiger partial charge in [-0.1, -0.05) is 0 Å². The molecule has 1 rings (SSSR count). The summed E-state index contributed by atoms with van der Waals surface area (Å²) in [6.07, 6.45) is 4.06. The van der Waals surface area contributed by atoms with E-state index >= 15 is 0 Å². The molecule has 1 aliphatic rings. The molecule has 0 aromatic carbocycles. The minimum Gasteiger partial charge on any atom is -0.463 e. The van der Waals surface area contributed by atoms with Crippen LogP contribution >= 0.6 is 0 Å². The summed E-state index contributed by atoms with van der Waals surface area (Å²) in [4.78, 5) is 11.9. The van der Waals surface area contributed by atoms with Crippen LogP contribution in [-0.2, 0) is 24.3 Å². The Labute approximate surface area is 146 Å². The van der Waals surface area contributed by atoms with E-state index < -0.39 is 16.1 Å². The molecule has 0 aromatic rings. The van der Waals surface area contributed by atoms with Crippen molar-refractivity contribution in [3.8, 4) is 0 Å². The Hall–Kier alpha value is -0.700. The molecule has 24 heavy (non-hydrogen) atoms. The zero-order valence-electron chi connectivity index (χ0n) is 15.3. The molecule has 0 amide bonds. The lowest BCUT2D eigenvalue weighted by Gasteiger charge is -2.25. The number of carbonyl (C=O) groups is 1. The van der Waals surface area contributed by atoms with E-state index in [1.165, 1.54) is 11.4 Å². The van der Waals surface area contributed by atoms with Gasteiger partial charge in [0.1, 0.15) is 12.7 Å². The molecule has 0 aromatic heterocycles. The van der Waals surface area contributed by atoms with Crippen molar-refractivity contribution in [2.45, 2.75) is 51.7 Å². The average Bonchev–Trinajstić information content (AvgIpc) is 2.50. The zero-order chi connectivity index (χ0) is 18.2. The van der Waals surface area contributed by atoms with Crippen LogP contribution in [0.3, 0.4) is 0 Å². The summed E-state index contributed by atoms with van der Waals surface area (Å²) in [6, 6.07) is 0. The maximum absolute atomic E-state index is 11.9. The van der Waals surface area contributed by atoms with Gasteiger partial charge in [0, 0.05) is 20.0 Å². The summed E-state index contributed by atoms with van der Waals surface area (Å²) >= 11 is 0. The van der Waals surface area contributed by atoms with Crippen LogP contribution in [0.2, 0.25) is 0 Å². The first-order valence-corrected chi connectivity index (χ1v) is 10.5. The lowest BCUT2D eigenvalue weighted by atomic mass is 9.93. The SMILES string of the molecule is CC(C)O[C@H](COC(=O)CCC1CCNCC1)CN(C)S(C)(=O)=O. The number of piperidine rings is 1. The summed E-state index contributed by atoms with van der Waals surface area (Å²) in [6.45, 7) is 6.00. The first-order valence-electron chi connectivity index (χ1n) is 8.61. The maximum Gasteiger partial charge on any atom is 0.305 e. The zero-order valence-corrected chi connectivity index (χ0v) is 16.1. The smallest absolute Gasteiger partial charge is 0.305 e. The molecule has 1 fully saturated rings. The molecular formula is C16H32N2O5S. The lowest BCUT2D eigenvalue weighted by Crippen LogP contribution is -2.39. The number of sulfonamides is 1. The molecule has 1 saturated heterocycles. The predicted octanol–water partition coefficient (Wildman–Crippen LogP) is 0.994. The van der Waals surface area contributed by atoms with E-state index in [2.05, 4.69) is 5.32 Å². The van der Waals surface area contributed by atoms with Gasteiger partial charge in [0.2, 0.25) is 10.0 Å². The Morgan fingerprint density at radius 2 is 1.92 bits per heavy atom. The van der Waals surface area contributed by atoms with Crippen LogP contribution in [0.15, 0.2) is 0 Å². The highest BCUT2D eigenvalue weighted by Gasteiger charge is 2.21. The van der Waals surface area contributed by atoms with E-state index in [-0.39, 0.29) is 25.2 Å². The third-order valence-corrected chi connectivity index (χ3v) is 5.42. The number of ether oxygens (including phenoxy) is 2. The van der Waals surface area contributed by atoms with Gasteiger partial charge in [-0.15, -0.1) is 0 Å². The molecule has 8 heteroatoms. The number of rotatable bonds is 10. The summed E-state index contributed by atoms with van der Waals surface area (Å²) in [5, 5.41) is 3.30. The minimum atomic E-state index is -3.29. The number of hydrogen-bond acceptors (Lipinski definition) is 6. The number of likely N-dealkylation sites (N-methyl/N-ethyl adjacent to an activating group) is 1. The fourth-order valence-electron chi connectivity index (χ4n) is 2.69. The molecule has 1 N–H and O–H groups in total. The van der Waals surface area contributed by atoms with E-state index in [1.807, 2.05) is 13.8 Å². The van der Waals surface area contributed by atoms with Gasteiger partial charge in [-0.25, -0.2) is 12.7 Å². The van der Waals surface area contributed by atoms with Gasteiger partial charge in [-0.05, 0) is 52.1 Å². The third-order valence-electron chi connectivity index (χ3n) is 4.14. The van der Waals surface area contributed by atoms with Crippen LogP contribution in [0.25, 0.3) is 0 Å². The molecule has 1 atom stereocenters. The highest BCUT2D eigenvalue weighted by Crippen LogP contribution is 2.18. The first-order chi connectivity index (χ1) is 11.2. The number of esters is 1. The molecule has 0 aliphatic carbocycles. The summed E-state index contributed by atoms with van der Waals surface area (Å²) in [5.41, 5.74) is 0. The number of carbonyl (C=O) groups excluding carboxylic acids is 1. The van der Waals surface area contributed by atoms with Crippen LogP contribution in [0.5, 0.6) is 0 Å². The second kappa shape index (κ2) is 10.3. The Balaban J connectivity index is 2.38. The van der Waals surface area contributed by atoms with E-state index in [4.69, 9.17) is 9.47 Å². The van der Waals surface area contributed by atoms with Crippen molar-refractivity contribution in [3.63, 3.8) is 0 Å². The quantitative estimate of drug-likeness (QED) is 0.582. The van der Waals surface area contributed by atoms with Gasteiger partial charge < -0.3 is 14.8 Å². The topological polar surface area (TPSA) is 84.9 Å². The molecule has 1 aliphatic heterocycles. The normalized spacial score (nSPS) is 18.1. The van der Waals surface area contributed by atoms with Gasteiger partial charge >= 0.3 is 5.97 Å². The first kappa shape index (κ1) is 21.3. The largest absolute Gasteiger partial charge is 0.463 e. The highest BCUT2D eigenvalue weighted by molar-refractivity contribution is 7.88. The van der Waals surface area contributed by atoms with Crippen molar-refractivity contribution in [2.75, 3.05) is 39.5 Å². The van der Waals surface area contributed by atoms with Crippen LogP contribution in [0.1, 0.15) is 39.5 Å². The van der Waals surface area contributed by atoms with Gasteiger partial charge in [0.15, 0.2) is 0 Å². The Kier molecular flexibility index (Phi) is 9.18. The maximum atomic E-state index is 11.9. The molecule has 0 unspecified atom stereocenters. The van der Waals surface area contributed by atoms with E-state index in [1.54, 1.807) is 0 Å². The van der Waals surface area contributed by atoms with Crippen LogP contribution < -0.4 is 5.32 Å². The summed E-state index contributed by atoms with van der Waals surface area (Å²) in [7, 11) is -1.80. The van der Waals surface area contributed by atoms with Gasteiger partial charge in [0.25, 0.3) is 0 Å². The second-order valence-electron chi connectivity index (χ2n) is 6.77. The Morgan fingerprint density at radius 3 is 2.46 bits per heavy atom. The standard InChI is InChI=1S/C16H32N2O5S/c1-13(2)23-15(11-18(3)24(4,20)21)12-22-16(19)6-5-14-7-9-17-10-8-14/h13-15,17H,5-12H2,1-4H3/t15-/m0/s1. The van der Waals surface area contributed by atoms with Gasteiger partial charge in [0.05, 0.1) is 12.4 Å². The second-order valence-corrected chi connectivity index (χ2v) is 8.85. The van der Waals surface area contributed by atoms with Crippen molar-refractivity contribution < 1.29 is 22.7 Å². The molecule has 0 spiro atoms. The number of nitrogens with zero attached hydrogens (tertiary/aromatic N) is 1. The van der Waals surface area contributed by atoms with Crippen molar-refractivity contribution in [3.05, 3.63) is 0 Å². The monoisotopic (exact) mass is 364 g/mol. The summed E-state index contributed by atoms with van der Waals surface area (Å²) in [5.74, 6) is 0.339. The van der Waals surface area contributed by atoms with Gasteiger partial charge in [-0.3, -0.25) is 4.79 Å². The van der Waals surface area contributed by atoms with Crippen LogP contribution in [0.4, 0.5) is 0 Å². The van der Waals surface area contributed by atoms with E-state index in [0.29, 0.717) is 12.3 Å². The fourth-order valence-corrected chi connectivity index (χ4v) is 3.13. The lowest BCUT2D eigenvalue weighted by molar-refractivity contribution is -0.149. The van der Waals surface area contributed by atoms with Crippen LogP contribution in [0, 0.1) is 5.92 Å². The van der Waals surface area contributed by atoms with E-state index in [0.717, 1.165) is 38.6 Å². The third kappa shape index (κ3) is 8.96. The van der Waals surface area contributed by atoms with Crippen molar-refractivity contribution in [1.29, 1.82) is 0 Å². The molecular weight excluding hydrogens is 332 g/mol. The molecule has 0 bridgehead atoms. The molecule has 142 valence electrons. The minimum absolute atomic E-state index is 0.0725. The van der Waals surface area contributed by atoms with Crippen molar-refractivity contribution >= 4 is 16.0 Å². The van der Waals surface area contributed by atoms with Crippen LogP contribution in [-0.4, -0.2) is 70.4 Å². The number of nitrogens with one attached hydrogen (secondary N) is 1. The van der Waals surface area contributed by atoms with E-state index in [9.17, 15) is 13.2 Å². The van der Waals surface area contributed by atoms with Crippen molar-refractivity contribution in [2.24, 2.45) is 5.92 Å². The van der Waals surface area contributed by atoms with Crippen molar-refractivity contribution in [1.82, 2.24) is 9.62 Å². The Bertz CT molecular complexity index is 475.